The summed E-state index contributed by atoms with van der Waals surface area (Å²) in [5.41, 5.74) is 0.380. The summed E-state index contributed by atoms with van der Waals surface area (Å²) in [7, 11) is 0. The fraction of sp³-hybridized carbons (Fsp3) is 0.235. The fourth-order valence-corrected chi connectivity index (χ4v) is 2.82. The van der Waals surface area contributed by atoms with Gasteiger partial charge in [-0.1, -0.05) is 24.3 Å². The van der Waals surface area contributed by atoms with Crippen LogP contribution in [0, 0.1) is 5.82 Å². The van der Waals surface area contributed by atoms with E-state index >= 15 is 0 Å². The van der Waals surface area contributed by atoms with Crippen LogP contribution in [0.1, 0.15) is 16.7 Å². The van der Waals surface area contributed by atoms with Crippen molar-refractivity contribution in [1.82, 2.24) is 0 Å². The molecule has 0 unspecified atom stereocenters. The Kier molecular flexibility index (Phi) is 3.83. The zero-order chi connectivity index (χ0) is 16.6. The van der Waals surface area contributed by atoms with Crippen molar-refractivity contribution in [2.45, 2.75) is 19.0 Å². The van der Waals surface area contributed by atoms with Crippen LogP contribution < -0.4 is 4.90 Å². The molecular weight excluding hydrogens is 310 g/mol. The van der Waals surface area contributed by atoms with Crippen LogP contribution in [0.2, 0.25) is 0 Å². The van der Waals surface area contributed by atoms with Crippen molar-refractivity contribution in [3.63, 3.8) is 0 Å². The highest BCUT2D eigenvalue weighted by atomic mass is 19.4. The van der Waals surface area contributed by atoms with Gasteiger partial charge in [-0.15, -0.1) is 0 Å². The van der Waals surface area contributed by atoms with Crippen molar-refractivity contribution in [1.29, 1.82) is 0 Å². The van der Waals surface area contributed by atoms with Crippen molar-refractivity contribution in [3.8, 4) is 0 Å². The second-order valence-electron chi connectivity index (χ2n) is 5.40. The Labute approximate surface area is 130 Å². The van der Waals surface area contributed by atoms with E-state index in [1.165, 1.54) is 35.2 Å². The predicted molar refractivity (Wildman–Crippen MR) is 77.6 cm³/mol. The number of fused-ring (bicyclic) bond motifs is 1. The number of benzene rings is 2. The molecule has 1 heterocycles. The largest absolute Gasteiger partial charge is 0.416 e. The van der Waals surface area contributed by atoms with Crippen LogP contribution in [-0.2, 0) is 23.8 Å². The summed E-state index contributed by atoms with van der Waals surface area (Å²) >= 11 is 0. The molecule has 1 aliphatic rings. The van der Waals surface area contributed by atoms with Crippen LogP contribution in [0.5, 0.6) is 0 Å². The lowest BCUT2D eigenvalue weighted by Crippen LogP contribution is -2.31. The van der Waals surface area contributed by atoms with E-state index in [0.717, 1.165) is 11.6 Å². The van der Waals surface area contributed by atoms with Gasteiger partial charge in [-0.25, -0.2) is 4.39 Å². The lowest BCUT2D eigenvalue weighted by molar-refractivity contribution is -0.138. The Morgan fingerprint density at radius 1 is 1.13 bits per heavy atom. The van der Waals surface area contributed by atoms with Gasteiger partial charge in [0.2, 0.25) is 5.91 Å². The van der Waals surface area contributed by atoms with Crippen LogP contribution in [-0.4, -0.2) is 12.5 Å². The smallest absolute Gasteiger partial charge is 0.311 e. The molecule has 0 spiro atoms. The molecule has 2 nitrogen and oxygen atoms in total. The molecular formula is C17H13F4NO. The van der Waals surface area contributed by atoms with E-state index < -0.39 is 23.5 Å². The molecule has 23 heavy (non-hydrogen) atoms. The summed E-state index contributed by atoms with van der Waals surface area (Å²) in [4.78, 5) is 13.8. The number of nitrogens with zero attached hydrogens (tertiary/aromatic N) is 1. The molecule has 2 aromatic carbocycles. The minimum atomic E-state index is -4.51. The number of amides is 1. The Bertz CT molecular complexity index is 754. The maximum absolute atomic E-state index is 13.4. The molecule has 3 rings (SSSR count). The summed E-state index contributed by atoms with van der Waals surface area (Å²) in [6, 6.07) is 9.17. The van der Waals surface area contributed by atoms with Gasteiger partial charge in [0.05, 0.1) is 12.0 Å². The Balaban J connectivity index is 1.87. The van der Waals surface area contributed by atoms with Crippen molar-refractivity contribution in [2.24, 2.45) is 0 Å². The molecule has 0 atom stereocenters. The third-order valence-electron chi connectivity index (χ3n) is 3.91. The molecule has 2 aromatic rings. The van der Waals surface area contributed by atoms with Gasteiger partial charge >= 0.3 is 6.18 Å². The Hall–Kier alpha value is -2.37. The third-order valence-corrected chi connectivity index (χ3v) is 3.91. The SMILES string of the molecule is O=C(Cc1ccccc1C(F)(F)F)N1CCc2ccc(F)cc21. The van der Waals surface area contributed by atoms with Gasteiger partial charge in [-0.05, 0) is 35.7 Å². The van der Waals surface area contributed by atoms with Crippen molar-refractivity contribution in [2.75, 3.05) is 11.4 Å². The van der Waals surface area contributed by atoms with Gasteiger partial charge in [0.25, 0.3) is 0 Å². The van der Waals surface area contributed by atoms with E-state index in [1.807, 2.05) is 0 Å². The van der Waals surface area contributed by atoms with Gasteiger partial charge in [0.15, 0.2) is 0 Å². The average molecular weight is 323 g/mol. The number of anilines is 1. The topological polar surface area (TPSA) is 20.3 Å². The van der Waals surface area contributed by atoms with Crippen molar-refractivity contribution in [3.05, 3.63) is 65.0 Å². The van der Waals surface area contributed by atoms with E-state index in [1.54, 1.807) is 6.07 Å². The molecule has 0 N–H and O–H groups in total. The molecule has 0 bridgehead atoms. The second-order valence-corrected chi connectivity index (χ2v) is 5.40. The van der Waals surface area contributed by atoms with E-state index in [0.29, 0.717) is 18.7 Å². The quantitative estimate of drug-likeness (QED) is 0.766. The number of halogens is 4. The van der Waals surface area contributed by atoms with E-state index in [-0.39, 0.29) is 12.0 Å². The molecule has 0 radical (unpaired) electrons. The third kappa shape index (κ3) is 3.06. The molecule has 120 valence electrons. The minimum Gasteiger partial charge on any atom is -0.311 e. The highest BCUT2D eigenvalue weighted by molar-refractivity contribution is 5.96. The van der Waals surface area contributed by atoms with Crippen molar-refractivity contribution >= 4 is 11.6 Å². The molecule has 0 saturated heterocycles. The van der Waals surface area contributed by atoms with Gasteiger partial charge in [0.1, 0.15) is 5.82 Å². The lowest BCUT2D eigenvalue weighted by atomic mass is 10.0. The molecule has 1 amide bonds. The number of rotatable bonds is 2. The first-order chi connectivity index (χ1) is 10.9. The number of hydrogen-bond donors (Lipinski definition) is 0. The Morgan fingerprint density at radius 2 is 1.87 bits per heavy atom. The summed E-state index contributed by atoms with van der Waals surface area (Å²) < 4.78 is 52.3. The number of hydrogen-bond acceptors (Lipinski definition) is 1. The first-order valence-corrected chi connectivity index (χ1v) is 7.10. The maximum atomic E-state index is 13.4. The first-order valence-electron chi connectivity index (χ1n) is 7.10. The van der Waals surface area contributed by atoms with Gasteiger partial charge in [-0.2, -0.15) is 13.2 Å². The molecule has 0 aromatic heterocycles. The molecule has 0 fully saturated rings. The van der Waals surface area contributed by atoms with Crippen molar-refractivity contribution < 1.29 is 22.4 Å². The second kappa shape index (κ2) is 5.68. The highest BCUT2D eigenvalue weighted by Crippen LogP contribution is 2.33. The normalized spacial score (nSPS) is 14.0. The van der Waals surface area contributed by atoms with Crippen LogP contribution in [0.4, 0.5) is 23.2 Å². The summed E-state index contributed by atoms with van der Waals surface area (Å²) in [5.74, 6) is -0.940. The summed E-state index contributed by atoms with van der Waals surface area (Å²) in [5, 5.41) is 0. The van der Waals surface area contributed by atoms with Crippen LogP contribution >= 0.6 is 0 Å². The first kappa shape index (κ1) is 15.5. The predicted octanol–water partition coefficient (Wildman–Crippen LogP) is 3.98. The standard InChI is InChI=1S/C17H13F4NO/c18-13-6-5-11-7-8-22(15(11)10-13)16(23)9-12-3-1-2-4-14(12)17(19,20)21/h1-6,10H,7-9H2. The summed E-state index contributed by atoms with van der Waals surface area (Å²) in [6.07, 6.45) is -4.31. The molecule has 1 aliphatic heterocycles. The lowest BCUT2D eigenvalue weighted by Gasteiger charge is -2.19. The Morgan fingerprint density at radius 3 is 2.61 bits per heavy atom. The van der Waals surface area contributed by atoms with Gasteiger partial charge in [-0.3, -0.25) is 4.79 Å². The van der Waals surface area contributed by atoms with E-state index in [2.05, 4.69) is 0 Å². The minimum absolute atomic E-state index is 0.0742. The zero-order valence-corrected chi connectivity index (χ0v) is 12.0. The monoisotopic (exact) mass is 323 g/mol. The number of carbonyl (C=O) groups excluding carboxylic acids is 1. The maximum Gasteiger partial charge on any atom is 0.416 e. The van der Waals surface area contributed by atoms with Gasteiger partial charge in [0, 0.05) is 12.2 Å². The molecule has 0 saturated carbocycles. The number of alkyl halides is 3. The molecule has 6 heteroatoms. The average Bonchev–Trinajstić information content (AvgIpc) is 2.89. The summed E-state index contributed by atoms with van der Waals surface area (Å²) in [6.45, 7) is 0.353. The van der Waals surface area contributed by atoms with Gasteiger partial charge < -0.3 is 4.90 Å². The van der Waals surface area contributed by atoms with Crippen LogP contribution in [0.3, 0.4) is 0 Å². The van der Waals surface area contributed by atoms with Crippen LogP contribution in [0.25, 0.3) is 0 Å². The van der Waals surface area contributed by atoms with E-state index in [4.69, 9.17) is 0 Å². The van der Waals surface area contributed by atoms with E-state index in [9.17, 15) is 22.4 Å². The number of carbonyl (C=O) groups is 1. The van der Waals surface area contributed by atoms with Crippen LogP contribution in [0.15, 0.2) is 42.5 Å². The zero-order valence-electron chi connectivity index (χ0n) is 12.0. The molecule has 0 aliphatic carbocycles. The fourth-order valence-electron chi connectivity index (χ4n) is 2.82. The highest BCUT2D eigenvalue weighted by Gasteiger charge is 2.34.